The first-order valence-corrected chi connectivity index (χ1v) is 11.7. The van der Waals surface area contributed by atoms with Crippen LogP contribution in [0.5, 0.6) is 0 Å². The van der Waals surface area contributed by atoms with E-state index in [0.29, 0.717) is 4.31 Å². The number of nitrogens with one attached hydrogen (secondary N) is 1. The van der Waals surface area contributed by atoms with Crippen molar-refractivity contribution in [1.82, 2.24) is 4.98 Å². The van der Waals surface area contributed by atoms with Crippen molar-refractivity contribution in [2.45, 2.75) is 37.4 Å². The number of esters is 1. The zero-order valence-electron chi connectivity index (χ0n) is 17.6. The molecule has 0 amide bonds. The van der Waals surface area contributed by atoms with E-state index in [1.54, 1.807) is 20.8 Å². The average Bonchev–Trinajstić information content (AvgIpc) is 3.07. The molecule has 0 bridgehead atoms. The molecule has 0 aliphatic heterocycles. The second kappa shape index (κ2) is 8.73. The number of hydrogen-bond donors (Lipinski definition) is 1. The van der Waals surface area contributed by atoms with E-state index in [2.05, 4.69) is 4.98 Å². The summed E-state index contributed by atoms with van der Waals surface area (Å²) in [6, 6.07) is 7.20. The van der Waals surface area contributed by atoms with Gasteiger partial charge in [0.05, 0.1) is 16.1 Å². The molecular formula is C21H19Cl2F3N2O4S. The van der Waals surface area contributed by atoms with Crippen LogP contribution in [0, 0.1) is 0 Å². The van der Waals surface area contributed by atoms with Gasteiger partial charge in [0.15, 0.2) is 0 Å². The van der Waals surface area contributed by atoms with Crippen LogP contribution < -0.4 is 4.31 Å². The number of sulfonamides is 1. The molecule has 12 heteroatoms. The van der Waals surface area contributed by atoms with E-state index < -0.39 is 39.9 Å². The van der Waals surface area contributed by atoms with Gasteiger partial charge in [-0.3, -0.25) is 9.10 Å². The Hall–Kier alpha value is -2.43. The first kappa shape index (κ1) is 25.2. The normalized spacial score (nSPS) is 12.7. The number of carbonyl (C=O) groups excluding carboxylic acids is 1. The molecule has 6 nitrogen and oxygen atoms in total. The molecule has 3 rings (SSSR count). The van der Waals surface area contributed by atoms with Crippen LogP contribution >= 0.6 is 23.2 Å². The Bertz CT molecular complexity index is 1300. The lowest BCUT2D eigenvalue weighted by Gasteiger charge is -2.26. The van der Waals surface area contributed by atoms with Gasteiger partial charge in [-0.2, -0.15) is 13.2 Å². The summed E-state index contributed by atoms with van der Waals surface area (Å²) in [5, 5.41) is -0.203. The molecule has 33 heavy (non-hydrogen) atoms. The summed E-state index contributed by atoms with van der Waals surface area (Å²) in [7, 11) is -4.48. The number of fused-ring (bicyclic) bond motifs is 1. The van der Waals surface area contributed by atoms with Crippen LogP contribution in [-0.4, -0.2) is 31.5 Å². The lowest BCUT2D eigenvalue weighted by atomic mass is 10.1. The van der Waals surface area contributed by atoms with Gasteiger partial charge in [0.25, 0.3) is 10.0 Å². The smallest absolute Gasteiger partial charge is 0.418 e. The molecule has 0 saturated carbocycles. The van der Waals surface area contributed by atoms with Crippen LogP contribution in [0.3, 0.4) is 0 Å². The van der Waals surface area contributed by atoms with E-state index in [1.165, 1.54) is 18.2 Å². The number of H-pyrrole nitrogens is 1. The largest absolute Gasteiger partial charge is 0.459 e. The molecule has 178 valence electrons. The Kier molecular flexibility index (Phi) is 6.67. The standard InChI is InChI=1S/C21H19Cl2F3N2O4S/c1-20(2,3)32-19(29)11-28(33(30,31)15-7-12(22)6-13(23)8-15)14-4-5-18-16(9-14)17(10-27-18)21(24,25)26/h4-10,27H,11H2,1-3H3. The number of aromatic nitrogens is 1. The predicted octanol–water partition coefficient (Wildman–Crippen LogP) is 6.03. The molecular weight excluding hydrogens is 504 g/mol. The number of hydrogen-bond acceptors (Lipinski definition) is 4. The summed E-state index contributed by atoms with van der Waals surface area (Å²) in [5.41, 5.74) is -1.92. The van der Waals surface area contributed by atoms with Crippen molar-refractivity contribution >= 4 is 55.8 Å². The highest BCUT2D eigenvalue weighted by Gasteiger charge is 2.35. The van der Waals surface area contributed by atoms with Crippen molar-refractivity contribution in [1.29, 1.82) is 0 Å². The molecule has 0 unspecified atom stereocenters. The molecule has 1 heterocycles. The van der Waals surface area contributed by atoms with Crippen molar-refractivity contribution in [3.05, 3.63) is 58.2 Å². The molecule has 1 N–H and O–H groups in total. The van der Waals surface area contributed by atoms with Crippen molar-refractivity contribution in [3.63, 3.8) is 0 Å². The molecule has 2 aromatic carbocycles. The van der Waals surface area contributed by atoms with E-state index in [9.17, 15) is 26.4 Å². The van der Waals surface area contributed by atoms with Crippen molar-refractivity contribution < 1.29 is 31.1 Å². The lowest BCUT2D eigenvalue weighted by Crippen LogP contribution is -2.39. The highest BCUT2D eigenvalue weighted by atomic mass is 35.5. The van der Waals surface area contributed by atoms with Gasteiger partial charge >= 0.3 is 12.1 Å². The Labute approximate surface area is 198 Å². The van der Waals surface area contributed by atoms with Gasteiger partial charge < -0.3 is 9.72 Å². The SMILES string of the molecule is CC(C)(C)OC(=O)CN(c1ccc2[nH]cc(C(F)(F)F)c2c1)S(=O)(=O)c1cc(Cl)cc(Cl)c1. The Morgan fingerprint density at radius 1 is 1.06 bits per heavy atom. The van der Waals surface area contributed by atoms with Crippen LogP contribution in [0.15, 0.2) is 47.5 Å². The fourth-order valence-corrected chi connectivity index (χ4v) is 5.24. The Morgan fingerprint density at radius 3 is 2.21 bits per heavy atom. The summed E-state index contributed by atoms with van der Waals surface area (Å²) in [4.78, 5) is 14.7. The van der Waals surface area contributed by atoms with Gasteiger partial charge in [-0.1, -0.05) is 23.2 Å². The number of carbonyl (C=O) groups is 1. The van der Waals surface area contributed by atoms with Crippen LogP contribution in [-0.2, 0) is 25.7 Å². The van der Waals surface area contributed by atoms with Crippen molar-refractivity contribution in [2.75, 3.05) is 10.8 Å². The van der Waals surface area contributed by atoms with Gasteiger partial charge in [0.1, 0.15) is 12.1 Å². The number of anilines is 1. The summed E-state index contributed by atoms with van der Waals surface area (Å²) in [5.74, 6) is -0.899. The second-order valence-corrected chi connectivity index (χ2v) is 10.9. The highest BCUT2D eigenvalue weighted by Crippen LogP contribution is 2.37. The maximum absolute atomic E-state index is 13.5. The van der Waals surface area contributed by atoms with Crippen LogP contribution in [0.4, 0.5) is 18.9 Å². The number of halogens is 5. The van der Waals surface area contributed by atoms with E-state index in [4.69, 9.17) is 27.9 Å². The number of rotatable bonds is 5. The molecule has 0 aliphatic carbocycles. The highest BCUT2D eigenvalue weighted by molar-refractivity contribution is 7.92. The molecule has 0 radical (unpaired) electrons. The number of nitrogens with zero attached hydrogens (tertiary/aromatic N) is 1. The summed E-state index contributed by atoms with van der Waals surface area (Å²) in [6.07, 6.45) is -3.88. The third-order valence-electron chi connectivity index (χ3n) is 4.38. The van der Waals surface area contributed by atoms with Gasteiger partial charge in [0.2, 0.25) is 0 Å². The molecule has 3 aromatic rings. The minimum Gasteiger partial charge on any atom is -0.459 e. The molecule has 0 saturated heterocycles. The number of ether oxygens (including phenoxy) is 1. The predicted molar refractivity (Wildman–Crippen MR) is 120 cm³/mol. The fraction of sp³-hybridized carbons (Fsp3) is 0.286. The molecule has 0 atom stereocenters. The van der Waals surface area contributed by atoms with Crippen molar-refractivity contribution in [3.8, 4) is 0 Å². The average molecular weight is 523 g/mol. The lowest BCUT2D eigenvalue weighted by molar-refractivity contribution is -0.152. The van der Waals surface area contributed by atoms with Gasteiger partial charge in [-0.15, -0.1) is 0 Å². The quantitative estimate of drug-likeness (QED) is 0.415. The minimum atomic E-state index is -4.67. The summed E-state index contributed by atoms with van der Waals surface area (Å²) < 4.78 is 73.1. The zero-order valence-corrected chi connectivity index (χ0v) is 20.0. The van der Waals surface area contributed by atoms with E-state index in [0.717, 1.165) is 24.4 Å². The van der Waals surface area contributed by atoms with Crippen LogP contribution in [0.2, 0.25) is 10.0 Å². The summed E-state index contributed by atoms with van der Waals surface area (Å²) in [6.45, 7) is 4.01. The monoisotopic (exact) mass is 522 g/mol. The molecule has 0 fully saturated rings. The molecule has 0 spiro atoms. The summed E-state index contributed by atoms with van der Waals surface area (Å²) >= 11 is 11.9. The third-order valence-corrected chi connectivity index (χ3v) is 6.56. The Morgan fingerprint density at radius 2 is 1.67 bits per heavy atom. The minimum absolute atomic E-state index is 0.0266. The second-order valence-electron chi connectivity index (χ2n) is 8.13. The molecule has 0 aliphatic rings. The number of aromatic amines is 1. The van der Waals surface area contributed by atoms with Gasteiger partial charge in [-0.25, -0.2) is 8.42 Å². The van der Waals surface area contributed by atoms with Crippen LogP contribution in [0.25, 0.3) is 10.9 Å². The zero-order chi connectivity index (χ0) is 24.8. The van der Waals surface area contributed by atoms with E-state index in [1.807, 2.05) is 0 Å². The first-order chi connectivity index (χ1) is 15.1. The van der Waals surface area contributed by atoms with E-state index >= 15 is 0 Å². The first-order valence-electron chi connectivity index (χ1n) is 9.47. The number of alkyl halides is 3. The molecule has 1 aromatic heterocycles. The third kappa shape index (κ3) is 5.74. The van der Waals surface area contributed by atoms with Crippen molar-refractivity contribution in [2.24, 2.45) is 0 Å². The Balaban J connectivity index is 2.17. The van der Waals surface area contributed by atoms with Gasteiger partial charge in [0, 0.05) is 27.1 Å². The fourth-order valence-electron chi connectivity index (χ4n) is 3.11. The van der Waals surface area contributed by atoms with Gasteiger partial charge in [-0.05, 0) is 57.2 Å². The van der Waals surface area contributed by atoms with E-state index in [-0.39, 0.29) is 31.5 Å². The number of benzene rings is 2. The topological polar surface area (TPSA) is 79.5 Å². The maximum Gasteiger partial charge on any atom is 0.418 e. The van der Waals surface area contributed by atoms with Crippen LogP contribution in [0.1, 0.15) is 26.3 Å². The maximum atomic E-state index is 13.5.